The Hall–Kier alpha value is -2.19. The van der Waals surface area contributed by atoms with E-state index in [0.29, 0.717) is 11.8 Å². The summed E-state index contributed by atoms with van der Waals surface area (Å²) < 4.78 is 0. The maximum Gasteiger partial charge on any atom is 0.290 e. The lowest BCUT2D eigenvalue weighted by Gasteiger charge is -2.46. The molecule has 1 aromatic heterocycles. The van der Waals surface area contributed by atoms with Gasteiger partial charge in [-0.3, -0.25) is 14.4 Å². The van der Waals surface area contributed by atoms with E-state index in [9.17, 15) is 9.59 Å². The standard InChI is InChI=1S/C23H33N3O2S.CH2O2/c1-18(2)15-25-16-22(23(17-25)10-11-24(3)21(23)28)8-12-26(13-9-22)20(27)7-6-19-5-4-14-29-19;2-1-3/h4-7,14,18H,8-13,15-17H2,1-3H3;1H,(H,2,3)/b7-6+;. The van der Waals surface area contributed by atoms with Crippen LogP contribution >= 0.6 is 11.3 Å². The van der Waals surface area contributed by atoms with Gasteiger partial charge in [-0.05, 0) is 42.7 Å². The van der Waals surface area contributed by atoms with Crippen molar-refractivity contribution in [3.63, 3.8) is 0 Å². The number of carbonyl (C=O) groups is 3. The SMILES string of the molecule is CC(C)CN1CC2(CCN(C(=O)/C=C/c3cccs3)CC2)C2(CCN(C)C2=O)C1.O=CO. The summed E-state index contributed by atoms with van der Waals surface area (Å²) in [7, 11) is 1.95. The molecule has 4 heterocycles. The number of thiophene rings is 1. The zero-order valence-electron chi connectivity index (χ0n) is 19.3. The smallest absolute Gasteiger partial charge is 0.290 e. The Bertz CT molecular complexity index is 830. The Morgan fingerprint density at radius 3 is 2.44 bits per heavy atom. The van der Waals surface area contributed by atoms with Crippen LogP contribution in [0.15, 0.2) is 23.6 Å². The van der Waals surface area contributed by atoms with Crippen molar-refractivity contribution in [2.75, 3.05) is 46.3 Å². The third kappa shape index (κ3) is 4.76. The summed E-state index contributed by atoms with van der Waals surface area (Å²) >= 11 is 1.64. The van der Waals surface area contributed by atoms with E-state index in [-0.39, 0.29) is 23.2 Å². The molecule has 3 aliphatic rings. The van der Waals surface area contributed by atoms with Crippen molar-refractivity contribution < 1.29 is 19.5 Å². The number of hydrogen-bond acceptors (Lipinski definition) is 5. The maximum absolute atomic E-state index is 13.3. The molecule has 3 fully saturated rings. The predicted octanol–water partition coefficient (Wildman–Crippen LogP) is 2.89. The largest absolute Gasteiger partial charge is 0.483 e. The molecule has 7 nitrogen and oxygen atoms in total. The van der Waals surface area contributed by atoms with Crippen molar-refractivity contribution in [3.8, 4) is 0 Å². The van der Waals surface area contributed by atoms with Crippen LogP contribution < -0.4 is 0 Å². The van der Waals surface area contributed by atoms with Gasteiger partial charge in [-0.1, -0.05) is 19.9 Å². The molecule has 2 spiro atoms. The van der Waals surface area contributed by atoms with E-state index in [1.54, 1.807) is 17.4 Å². The number of nitrogens with zero attached hydrogens (tertiary/aromatic N) is 3. The fourth-order valence-corrected chi connectivity index (χ4v) is 6.46. The quantitative estimate of drug-likeness (QED) is 0.551. The van der Waals surface area contributed by atoms with Gasteiger partial charge in [-0.15, -0.1) is 11.3 Å². The van der Waals surface area contributed by atoms with E-state index in [2.05, 4.69) is 18.7 Å². The van der Waals surface area contributed by atoms with Crippen LogP contribution in [0.2, 0.25) is 0 Å². The Morgan fingerprint density at radius 1 is 1.22 bits per heavy atom. The molecule has 4 rings (SSSR count). The van der Waals surface area contributed by atoms with E-state index in [0.717, 1.165) is 63.4 Å². The van der Waals surface area contributed by atoms with Crippen LogP contribution in [0.4, 0.5) is 0 Å². The lowest BCUT2D eigenvalue weighted by atomic mass is 9.60. The summed E-state index contributed by atoms with van der Waals surface area (Å²) in [4.78, 5) is 41.9. The molecule has 1 N–H and O–H groups in total. The monoisotopic (exact) mass is 461 g/mol. The molecule has 0 radical (unpaired) electrons. The van der Waals surface area contributed by atoms with Crippen molar-refractivity contribution in [3.05, 3.63) is 28.5 Å². The number of carbonyl (C=O) groups excluding carboxylic acids is 2. The molecule has 2 amide bonds. The fraction of sp³-hybridized carbons (Fsp3) is 0.625. The highest BCUT2D eigenvalue weighted by atomic mass is 32.1. The second-order valence-corrected chi connectivity index (χ2v) is 10.7. The lowest BCUT2D eigenvalue weighted by Crippen LogP contribution is -2.53. The second-order valence-electron chi connectivity index (χ2n) is 9.68. The molecule has 3 aliphatic heterocycles. The Labute approximate surface area is 194 Å². The average Bonchev–Trinajstić information content (AvgIpc) is 3.44. The van der Waals surface area contributed by atoms with Crippen LogP contribution in [0, 0.1) is 16.7 Å². The zero-order valence-corrected chi connectivity index (χ0v) is 20.1. The molecule has 1 aromatic rings. The first-order valence-corrected chi connectivity index (χ1v) is 12.2. The number of carboxylic acid groups (broad SMARTS) is 1. The van der Waals surface area contributed by atoms with E-state index in [4.69, 9.17) is 9.90 Å². The van der Waals surface area contributed by atoms with Crippen LogP contribution in [-0.4, -0.2) is 84.4 Å². The predicted molar refractivity (Wildman–Crippen MR) is 126 cm³/mol. The van der Waals surface area contributed by atoms with Gasteiger partial charge in [-0.25, -0.2) is 0 Å². The molecule has 0 bridgehead atoms. The van der Waals surface area contributed by atoms with Gasteiger partial charge in [0.15, 0.2) is 0 Å². The molecule has 176 valence electrons. The minimum atomic E-state index is -0.251. The Balaban J connectivity index is 0.000000913. The van der Waals surface area contributed by atoms with Crippen LogP contribution in [0.25, 0.3) is 6.08 Å². The fourth-order valence-electron chi connectivity index (χ4n) is 5.84. The van der Waals surface area contributed by atoms with Gasteiger partial charge in [0.2, 0.25) is 11.8 Å². The Morgan fingerprint density at radius 2 is 1.91 bits per heavy atom. The minimum Gasteiger partial charge on any atom is -0.483 e. The molecule has 0 aromatic carbocycles. The summed E-state index contributed by atoms with van der Waals surface area (Å²) in [5.74, 6) is 1.02. The molecular formula is C24H35N3O4S. The first-order valence-electron chi connectivity index (χ1n) is 11.3. The summed E-state index contributed by atoms with van der Waals surface area (Å²) in [6.07, 6.45) is 6.44. The highest BCUT2D eigenvalue weighted by Gasteiger charge is 2.64. The van der Waals surface area contributed by atoms with Crippen molar-refractivity contribution in [1.82, 2.24) is 14.7 Å². The van der Waals surface area contributed by atoms with Gasteiger partial charge in [0, 0.05) is 62.7 Å². The van der Waals surface area contributed by atoms with Crippen molar-refractivity contribution in [1.29, 1.82) is 0 Å². The normalized spacial score (nSPS) is 25.2. The number of likely N-dealkylation sites (tertiary alicyclic amines) is 3. The summed E-state index contributed by atoms with van der Waals surface area (Å²) in [6, 6.07) is 4.02. The molecule has 0 saturated carbocycles. The Kier molecular flexibility index (Phi) is 7.77. The van der Waals surface area contributed by atoms with Gasteiger partial charge < -0.3 is 19.8 Å². The molecule has 8 heteroatoms. The minimum absolute atomic E-state index is 0.0119. The first-order chi connectivity index (χ1) is 15.3. The molecule has 3 saturated heterocycles. The molecule has 32 heavy (non-hydrogen) atoms. The van der Waals surface area contributed by atoms with Gasteiger partial charge >= 0.3 is 0 Å². The van der Waals surface area contributed by atoms with E-state index in [1.807, 2.05) is 40.4 Å². The zero-order chi connectivity index (χ0) is 23.4. The van der Waals surface area contributed by atoms with Gasteiger partial charge in [-0.2, -0.15) is 0 Å². The van der Waals surface area contributed by atoms with Crippen molar-refractivity contribution in [2.45, 2.75) is 33.1 Å². The van der Waals surface area contributed by atoms with Gasteiger partial charge in [0.1, 0.15) is 0 Å². The number of amides is 2. The lowest BCUT2D eigenvalue weighted by molar-refractivity contribution is -0.142. The summed E-state index contributed by atoms with van der Waals surface area (Å²) in [5.41, 5.74) is -0.240. The van der Waals surface area contributed by atoms with Crippen molar-refractivity contribution >= 4 is 35.7 Å². The van der Waals surface area contributed by atoms with E-state index < -0.39 is 0 Å². The maximum atomic E-state index is 13.3. The van der Waals surface area contributed by atoms with Gasteiger partial charge in [0.25, 0.3) is 6.47 Å². The molecule has 1 atom stereocenters. The van der Waals surface area contributed by atoms with Crippen molar-refractivity contribution in [2.24, 2.45) is 16.7 Å². The number of hydrogen-bond donors (Lipinski definition) is 1. The third-order valence-electron chi connectivity index (χ3n) is 7.25. The number of piperidine rings is 1. The number of rotatable bonds is 4. The second kappa shape index (κ2) is 10.2. The van der Waals surface area contributed by atoms with Crippen LogP contribution in [0.5, 0.6) is 0 Å². The average molecular weight is 462 g/mol. The first kappa shape index (κ1) is 24.5. The van der Waals surface area contributed by atoms with Crippen LogP contribution in [-0.2, 0) is 14.4 Å². The highest BCUT2D eigenvalue weighted by Crippen LogP contribution is 2.57. The molecule has 1 unspecified atom stereocenters. The van der Waals surface area contributed by atoms with Crippen LogP contribution in [0.3, 0.4) is 0 Å². The summed E-state index contributed by atoms with van der Waals surface area (Å²) in [5, 5.41) is 8.91. The van der Waals surface area contributed by atoms with Crippen LogP contribution in [0.1, 0.15) is 38.0 Å². The van der Waals surface area contributed by atoms with E-state index in [1.165, 1.54) is 0 Å². The number of fused-ring (bicyclic) bond motifs is 1. The van der Waals surface area contributed by atoms with E-state index >= 15 is 0 Å². The highest BCUT2D eigenvalue weighted by molar-refractivity contribution is 7.10. The third-order valence-corrected chi connectivity index (χ3v) is 8.09. The van der Waals surface area contributed by atoms with Gasteiger partial charge in [0.05, 0.1) is 5.41 Å². The summed E-state index contributed by atoms with van der Waals surface area (Å²) in [6.45, 7) is 9.56. The molecular weight excluding hydrogens is 426 g/mol. The molecule has 0 aliphatic carbocycles. The topological polar surface area (TPSA) is 81.2 Å².